The van der Waals surface area contributed by atoms with Gasteiger partial charge in [0.1, 0.15) is 5.25 Å². The van der Waals surface area contributed by atoms with Gasteiger partial charge in [0.25, 0.3) is 0 Å². The lowest BCUT2D eigenvalue weighted by atomic mass is 10.1. The zero-order valence-electron chi connectivity index (χ0n) is 11.6. The molecule has 7 heteroatoms. The van der Waals surface area contributed by atoms with Crippen molar-refractivity contribution >= 4 is 17.7 Å². The second-order valence-corrected chi connectivity index (χ2v) is 5.69. The number of nitrogens with zero attached hydrogens (tertiary/aromatic N) is 4. The van der Waals surface area contributed by atoms with Gasteiger partial charge < -0.3 is 5.11 Å². The van der Waals surface area contributed by atoms with Crippen LogP contribution in [0.1, 0.15) is 24.5 Å². The number of hydrogen-bond acceptors (Lipinski definition) is 5. The number of carboxylic acids is 1. The highest BCUT2D eigenvalue weighted by Gasteiger charge is 2.21. The van der Waals surface area contributed by atoms with E-state index >= 15 is 0 Å². The number of hydrogen-bond donors (Lipinski definition) is 1. The summed E-state index contributed by atoms with van der Waals surface area (Å²) >= 11 is 1.17. The Hall–Kier alpha value is -1.89. The molecule has 20 heavy (non-hydrogen) atoms. The summed E-state index contributed by atoms with van der Waals surface area (Å²) in [4.78, 5) is 11.1. The Balaban J connectivity index is 2.37. The third kappa shape index (κ3) is 2.98. The topological polar surface area (TPSA) is 80.9 Å². The molecule has 1 atom stereocenters. The van der Waals surface area contributed by atoms with E-state index in [1.807, 2.05) is 39.0 Å². The molecule has 0 amide bonds. The van der Waals surface area contributed by atoms with Crippen LogP contribution in [0.4, 0.5) is 0 Å². The minimum atomic E-state index is -0.854. The molecule has 1 heterocycles. The number of rotatable bonds is 5. The quantitative estimate of drug-likeness (QED) is 0.851. The number of carbonyl (C=O) groups is 1. The molecule has 1 aromatic heterocycles. The molecule has 1 unspecified atom stereocenters. The van der Waals surface area contributed by atoms with E-state index in [1.54, 1.807) is 4.68 Å². The highest BCUT2D eigenvalue weighted by Crippen LogP contribution is 2.26. The molecule has 0 saturated carbocycles. The Labute approximate surface area is 121 Å². The molecule has 0 fully saturated rings. The summed E-state index contributed by atoms with van der Waals surface area (Å²) in [5.41, 5.74) is 3.01. The van der Waals surface area contributed by atoms with Crippen LogP contribution in [0.25, 0.3) is 5.69 Å². The van der Waals surface area contributed by atoms with Gasteiger partial charge in [-0.05, 0) is 47.9 Å². The van der Waals surface area contributed by atoms with E-state index < -0.39 is 11.2 Å². The van der Waals surface area contributed by atoms with E-state index in [1.165, 1.54) is 11.8 Å². The monoisotopic (exact) mass is 292 g/mol. The van der Waals surface area contributed by atoms with Crippen molar-refractivity contribution in [1.29, 1.82) is 0 Å². The summed E-state index contributed by atoms with van der Waals surface area (Å²) in [6, 6.07) is 5.99. The normalized spacial score (nSPS) is 12.3. The number of aromatic nitrogens is 4. The van der Waals surface area contributed by atoms with Crippen LogP contribution in [-0.4, -0.2) is 36.5 Å². The number of benzene rings is 1. The molecule has 1 N–H and O–H groups in total. The van der Waals surface area contributed by atoms with Gasteiger partial charge in [-0.15, -0.1) is 5.10 Å². The van der Waals surface area contributed by atoms with Gasteiger partial charge in [0.05, 0.1) is 5.69 Å². The highest BCUT2D eigenvalue weighted by atomic mass is 32.2. The summed E-state index contributed by atoms with van der Waals surface area (Å²) in [5.74, 6) is -0.854. The first-order valence-electron chi connectivity index (χ1n) is 6.28. The lowest BCUT2D eigenvalue weighted by Crippen LogP contribution is -2.16. The van der Waals surface area contributed by atoms with Gasteiger partial charge in [-0.3, -0.25) is 4.79 Å². The SMILES string of the molecule is CCC(Sc1nnnn1-c1cc(C)ccc1C)C(=O)O. The lowest BCUT2D eigenvalue weighted by Gasteiger charge is -2.11. The summed E-state index contributed by atoms with van der Waals surface area (Å²) in [6.45, 7) is 5.80. The first-order chi connectivity index (χ1) is 9.52. The molecular formula is C13H16N4O2S. The highest BCUT2D eigenvalue weighted by molar-refractivity contribution is 8.00. The summed E-state index contributed by atoms with van der Waals surface area (Å²) in [6.07, 6.45) is 0.514. The molecule has 0 aliphatic rings. The van der Waals surface area contributed by atoms with Gasteiger partial charge in [0.2, 0.25) is 5.16 Å². The van der Waals surface area contributed by atoms with E-state index in [0.717, 1.165) is 16.8 Å². The number of aliphatic carboxylic acids is 1. The molecule has 106 valence electrons. The fourth-order valence-electron chi connectivity index (χ4n) is 1.79. The van der Waals surface area contributed by atoms with Crippen LogP contribution in [0.3, 0.4) is 0 Å². The van der Waals surface area contributed by atoms with Gasteiger partial charge >= 0.3 is 5.97 Å². The van der Waals surface area contributed by atoms with Crippen LogP contribution in [0.15, 0.2) is 23.4 Å². The molecule has 0 radical (unpaired) electrons. The largest absolute Gasteiger partial charge is 0.480 e. The van der Waals surface area contributed by atoms with E-state index in [9.17, 15) is 4.79 Å². The van der Waals surface area contributed by atoms with Crippen LogP contribution in [0.5, 0.6) is 0 Å². The van der Waals surface area contributed by atoms with Crippen LogP contribution in [0, 0.1) is 13.8 Å². The third-order valence-corrected chi connectivity index (χ3v) is 4.21. The van der Waals surface area contributed by atoms with Crippen LogP contribution in [-0.2, 0) is 4.79 Å². The van der Waals surface area contributed by atoms with Crippen molar-refractivity contribution < 1.29 is 9.90 Å². The molecule has 0 saturated heterocycles. The van der Waals surface area contributed by atoms with Gasteiger partial charge in [-0.1, -0.05) is 30.8 Å². The standard InChI is InChI=1S/C13H16N4O2S/c1-4-11(12(18)19)20-13-14-15-16-17(13)10-7-8(2)5-6-9(10)3/h5-7,11H,4H2,1-3H3,(H,18,19). The predicted octanol–water partition coefficient (Wildman–Crippen LogP) is 2.23. The van der Waals surface area contributed by atoms with Crippen molar-refractivity contribution in [2.45, 2.75) is 37.6 Å². The average molecular weight is 292 g/mol. The van der Waals surface area contributed by atoms with Gasteiger partial charge in [0, 0.05) is 0 Å². The maximum absolute atomic E-state index is 11.1. The van der Waals surface area contributed by atoms with Crippen LogP contribution in [0.2, 0.25) is 0 Å². The van der Waals surface area contributed by atoms with E-state index in [4.69, 9.17) is 5.11 Å². The zero-order chi connectivity index (χ0) is 14.7. The molecular weight excluding hydrogens is 276 g/mol. The average Bonchev–Trinajstić information content (AvgIpc) is 2.86. The number of tetrazole rings is 1. The van der Waals surface area contributed by atoms with Crippen molar-refractivity contribution in [2.24, 2.45) is 0 Å². The Kier molecular flexibility index (Phi) is 4.39. The minimum Gasteiger partial charge on any atom is -0.480 e. The molecule has 2 aromatic rings. The molecule has 0 spiro atoms. The lowest BCUT2D eigenvalue weighted by molar-refractivity contribution is -0.136. The Morgan fingerprint density at radius 2 is 2.20 bits per heavy atom. The molecule has 2 rings (SSSR count). The predicted molar refractivity (Wildman–Crippen MR) is 76.2 cm³/mol. The molecule has 0 aliphatic carbocycles. The fourth-order valence-corrected chi connectivity index (χ4v) is 2.63. The van der Waals surface area contributed by atoms with E-state index in [0.29, 0.717) is 11.6 Å². The zero-order valence-corrected chi connectivity index (χ0v) is 12.4. The van der Waals surface area contributed by atoms with Crippen molar-refractivity contribution in [2.75, 3.05) is 0 Å². The first kappa shape index (κ1) is 14.5. The smallest absolute Gasteiger partial charge is 0.317 e. The second-order valence-electron chi connectivity index (χ2n) is 4.52. The van der Waals surface area contributed by atoms with Gasteiger partial charge in [0.15, 0.2) is 0 Å². The summed E-state index contributed by atoms with van der Waals surface area (Å²) in [5, 5.41) is 20.7. The number of thioether (sulfide) groups is 1. The first-order valence-corrected chi connectivity index (χ1v) is 7.16. The van der Waals surface area contributed by atoms with Gasteiger partial charge in [-0.2, -0.15) is 4.68 Å². The number of carboxylic acid groups (broad SMARTS) is 1. The van der Waals surface area contributed by atoms with Crippen molar-refractivity contribution in [1.82, 2.24) is 20.2 Å². The fraction of sp³-hybridized carbons (Fsp3) is 0.385. The Bertz CT molecular complexity index is 627. The van der Waals surface area contributed by atoms with Gasteiger partial charge in [-0.25, -0.2) is 0 Å². The minimum absolute atomic E-state index is 0.493. The van der Waals surface area contributed by atoms with E-state index in [2.05, 4.69) is 15.5 Å². The maximum Gasteiger partial charge on any atom is 0.317 e. The van der Waals surface area contributed by atoms with Crippen LogP contribution >= 0.6 is 11.8 Å². The molecule has 0 bridgehead atoms. The molecule has 1 aromatic carbocycles. The molecule has 0 aliphatic heterocycles. The van der Waals surface area contributed by atoms with Crippen molar-refractivity contribution in [3.8, 4) is 5.69 Å². The van der Waals surface area contributed by atoms with E-state index in [-0.39, 0.29) is 0 Å². The third-order valence-electron chi connectivity index (χ3n) is 2.93. The van der Waals surface area contributed by atoms with Crippen molar-refractivity contribution in [3.63, 3.8) is 0 Å². The molecule has 6 nitrogen and oxygen atoms in total. The maximum atomic E-state index is 11.1. The summed E-state index contributed by atoms with van der Waals surface area (Å²) < 4.78 is 1.60. The number of aryl methyl sites for hydroxylation is 2. The second kappa shape index (κ2) is 6.04. The summed E-state index contributed by atoms with van der Waals surface area (Å²) in [7, 11) is 0. The van der Waals surface area contributed by atoms with Crippen LogP contribution < -0.4 is 0 Å². The Morgan fingerprint density at radius 1 is 1.45 bits per heavy atom. The Morgan fingerprint density at radius 3 is 2.85 bits per heavy atom. The van der Waals surface area contributed by atoms with Crippen molar-refractivity contribution in [3.05, 3.63) is 29.3 Å².